The zero-order valence-corrected chi connectivity index (χ0v) is 14.1. The lowest BCUT2D eigenvalue weighted by Gasteiger charge is -2.10. The van der Waals surface area contributed by atoms with Crippen molar-refractivity contribution in [1.29, 1.82) is 0 Å². The number of ether oxygens (including phenoxy) is 2. The minimum absolute atomic E-state index is 0.0204. The van der Waals surface area contributed by atoms with E-state index in [4.69, 9.17) is 26.2 Å². The maximum Gasteiger partial charge on any atom is 0.238 e. The Labute approximate surface area is 147 Å². The fourth-order valence-electron chi connectivity index (χ4n) is 2.45. The number of hydrogen-bond acceptors (Lipinski definition) is 7. The molecule has 2 heterocycles. The summed E-state index contributed by atoms with van der Waals surface area (Å²) in [6, 6.07) is 9.44. The summed E-state index contributed by atoms with van der Waals surface area (Å²) < 4.78 is 33.4. The summed E-state index contributed by atoms with van der Waals surface area (Å²) in [5, 5.41) is 8.93. The van der Waals surface area contributed by atoms with E-state index < -0.39 is 10.0 Å². The Morgan fingerprint density at radius 2 is 1.76 bits per heavy atom. The van der Waals surface area contributed by atoms with Crippen LogP contribution in [0, 0.1) is 0 Å². The lowest BCUT2D eigenvalue weighted by atomic mass is 10.2. The number of primary sulfonamides is 1. The summed E-state index contributed by atoms with van der Waals surface area (Å²) in [6.45, 7) is 0.143. The molecule has 0 unspecified atom stereocenters. The number of nitrogens with one attached hydrogen (secondary N) is 1. The van der Waals surface area contributed by atoms with Gasteiger partial charge in [-0.1, -0.05) is 0 Å². The van der Waals surface area contributed by atoms with E-state index >= 15 is 0 Å². The van der Waals surface area contributed by atoms with Crippen molar-refractivity contribution in [3.63, 3.8) is 0 Å². The van der Waals surface area contributed by atoms with E-state index in [0.29, 0.717) is 33.9 Å². The first kappa shape index (κ1) is 15.9. The van der Waals surface area contributed by atoms with Crippen LogP contribution >= 0.6 is 11.6 Å². The molecular weight excluding hydrogens is 368 g/mol. The molecule has 25 heavy (non-hydrogen) atoms. The van der Waals surface area contributed by atoms with Gasteiger partial charge < -0.3 is 14.8 Å². The Kier molecular flexibility index (Phi) is 3.64. The Hall–Kier alpha value is -2.62. The van der Waals surface area contributed by atoms with E-state index in [9.17, 15) is 8.42 Å². The molecular formula is C15H11ClN4O4S. The van der Waals surface area contributed by atoms with Crippen LogP contribution in [0.15, 0.2) is 41.3 Å². The van der Waals surface area contributed by atoms with Crippen LogP contribution in [-0.2, 0) is 10.0 Å². The number of rotatable bonds is 3. The Bertz CT molecular complexity index is 1090. The fraction of sp³-hybridized carbons (Fsp3) is 0.0667. The van der Waals surface area contributed by atoms with Gasteiger partial charge in [-0.25, -0.2) is 18.5 Å². The van der Waals surface area contributed by atoms with Crippen LogP contribution < -0.4 is 19.9 Å². The van der Waals surface area contributed by atoms with Gasteiger partial charge in [0.15, 0.2) is 11.5 Å². The molecule has 128 valence electrons. The van der Waals surface area contributed by atoms with E-state index in [1.807, 2.05) is 0 Å². The molecule has 0 saturated heterocycles. The average molecular weight is 379 g/mol. The number of nitrogens with two attached hydrogens (primary N) is 1. The van der Waals surface area contributed by atoms with Crippen LogP contribution in [0.3, 0.4) is 0 Å². The molecule has 0 amide bonds. The predicted molar refractivity (Wildman–Crippen MR) is 91.8 cm³/mol. The van der Waals surface area contributed by atoms with Crippen LogP contribution in [0.4, 0.5) is 11.5 Å². The minimum Gasteiger partial charge on any atom is -0.454 e. The van der Waals surface area contributed by atoms with Crippen molar-refractivity contribution < 1.29 is 17.9 Å². The lowest BCUT2D eigenvalue weighted by molar-refractivity contribution is 0.174. The van der Waals surface area contributed by atoms with Crippen LogP contribution in [-0.4, -0.2) is 25.2 Å². The molecule has 0 spiro atoms. The van der Waals surface area contributed by atoms with Crippen molar-refractivity contribution in [2.75, 3.05) is 12.1 Å². The topological polar surface area (TPSA) is 116 Å². The van der Waals surface area contributed by atoms with Gasteiger partial charge in [-0.15, -0.1) is 0 Å². The highest BCUT2D eigenvalue weighted by molar-refractivity contribution is 7.89. The summed E-state index contributed by atoms with van der Waals surface area (Å²) in [7, 11) is -3.75. The summed E-state index contributed by atoms with van der Waals surface area (Å²) in [4.78, 5) is 8.40. The quantitative estimate of drug-likeness (QED) is 0.672. The first-order valence-electron chi connectivity index (χ1n) is 7.07. The van der Waals surface area contributed by atoms with Crippen LogP contribution in [0.2, 0.25) is 5.28 Å². The molecule has 4 rings (SSSR count). The van der Waals surface area contributed by atoms with Crippen molar-refractivity contribution in [2.24, 2.45) is 5.14 Å². The molecule has 0 bridgehead atoms. The average Bonchev–Trinajstić information content (AvgIpc) is 3.00. The Morgan fingerprint density at radius 3 is 2.44 bits per heavy atom. The monoisotopic (exact) mass is 378 g/mol. The molecule has 0 fully saturated rings. The molecule has 0 aliphatic carbocycles. The molecule has 0 radical (unpaired) electrons. The normalized spacial score (nSPS) is 13.2. The van der Waals surface area contributed by atoms with E-state index in [2.05, 4.69) is 15.3 Å². The van der Waals surface area contributed by atoms with E-state index in [0.717, 1.165) is 0 Å². The number of aromatic nitrogens is 2. The standard InChI is InChI=1S/C15H11ClN4O4S/c16-15-19-11-6-13-12(23-7-24-13)5-10(11)14(20-15)18-8-1-3-9(4-2-8)25(17,21)22/h1-6H,7H2,(H2,17,21,22)(H,18,19,20). The number of anilines is 2. The van der Waals surface area contributed by atoms with Crippen LogP contribution in [0.25, 0.3) is 10.9 Å². The highest BCUT2D eigenvalue weighted by Gasteiger charge is 2.18. The first-order chi connectivity index (χ1) is 11.9. The Morgan fingerprint density at radius 1 is 1.08 bits per heavy atom. The molecule has 10 heteroatoms. The van der Waals surface area contributed by atoms with E-state index in [-0.39, 0.29) is 17.0 Å². The lowest BCUT2D eigenvalue weighted by Crippen LogP contribution is -2.11. The molecule has 0 atom stereocenters. The van der Waals surface area contributed by atoms with Crippen LogP contribution in [0.1, 0.15) is 0 Å². The molecule has 3 N–H and O–H groups in total. The second-order valence-corrected chi connectivity index (χ2v) is 7.16. The minimum atomic E-state index is -3.75. The van der Waals surface area contributed by atoms with Crippen molar-refractivity contribution in [1.82, 2.24) is 9.97 Å². The molecule has 0 saturated carbocycles. The van der Waals surface area contributed by atoms with Gasteiger partial charge >= 0.3 is 0 Å². The summed E-state index contributed by atoms with van der Waals surface area (Å²) >= 11 is 6.00. The molecule has 3 aromatic rings. The van der Waals surface area contributed by atoms with Gasteiger partial charge in [-0.05, 0) is 41.9 Å². The summed E-state index contributed by atoms with van der Waals surface area (Å²) in [5.74, 6) is 1.63. The zero-order chi connectivity index (χ0) is 17.6. The maximum atomic E-state index is 11.3. The highest BCUT2D eigenvalue weighted by atomic mass is 35.5. The van der Waals surface area contributed by atoms with Crippen molar-refractivity contribution in [2.45, 2.75) is 4.90 Å². The third-order valence-electron chi connectivity index (χ3n) is 3.61. The molecule has 2 aromatic carbocycles. The highest BCUT2D eigenvalue weighted by Crippen LogP contribution is 2.38. The van der Waals surface area contributed by atoms with Gasteiger partial charge in [0.05, 0.1) is 10.4 Å². The largest absolute Gasteiger partial charge is 0.454 e. The number of halogens is 1. The fourth-order valence-corrected chi connectivity index (χ4v) is 3.14. The van der Waals surface area contributed by atoms with Gasteiger partial charge in [0.2, 0.25) is 22.1 Å². The number of sulfonamides is 1. The van der Waals surface area contributed by atoms with Crippen molar-refractivity contribution >= 4 is 44.0 Å². The van der Waals surface area contributed by atoms with Gasteiger partial charge in [-0.2, -0.15) is 4.98 Å². The number of fused-ring (bicyclic) bond motifs is 2. The van der Waals surface area contributed by atoms with Crippen LogP contribution in [0.5, 0.6) is 11.5 Å². The second-order valence-electron chi connectivity index (χ2n) is 5.26. The van der Waals surface area contributed by atoms with Crippen molar-refractivity contribution in [3.05, 3.63) is 41.7 Å². The molecule has 1 aromatic heterocycles. The molecule has 1 aliphatic rings. The molecule has 8 nitrogen and oxygen atoms in total. The number of hydrogen-bond donors (Lipinski definition) is 2. The SMILES string of the molecule is NS(=O)(=O)c1ccc(Nc2nc(Cl)nc3cc4c(cc23)OCO4)cc1. The zero-order valence-electron chi connectivity index (χ0n) is 12.6. The van der Waals surface area contributed by atoms with E-state index in [1.165, 1.54) is 12.1 Å². The van der Waals surface area contributed by atoms with Gasteiger partial charge in [0.25, 0.3) is 0 Å². The first-order valence-corrected chi connectivity index (χ1v) is 8.99. The second kappa shape index (κ2) is 5.73. The Balaban J connectivity index is 1.76. The third-order valence-corrected chi connectivity index (χ3v) is 4.71. The van der Waals surface area contributed by atoms with E-state index in [1.54, 1.807) is 24.3 Å². The smallest absolute Gasteiger partial charge is 0.238 e. The van der Waals surface area contributed by atoms with Gasteiger partial charge in [0.1, 0.15) is 5.82 Å². The summed E-state index contributed by atoms with van der Waals surface area (Å²) in [6.07, 6.45) is 0. The predicted octanol–water partition coefficient (Wildman–Crippen LogP) is 2.40. The summed E-state index contributed by atoms with van der Waals surface area (Å²) in [5.41, 5.74) is 1.20. The van der Waals surface area contributed by atoms with Gasteiger partial charge in [0, 0.05) is 17.1 Å². The van der Waals surface area contributed by atoms with Gasteiger partial charge in [-0.3, -0.25) is 0 Å². The number of nitrogens with zero attached hydrogens (tertiary/aromatic N) is 2. The molecule has 1 aliphatic heterocycles. The number of benzene rings is 2. The third kappa shape index (κ3) is 3.04. The van der Waals surface area contributed by atoms with Crippen molar-refractivity contribution in [3.8, 4) is 11.5 Å². The maximum absolute atomic E-state index is 11.3.